The van der Waals surface area contributed by atoms with E-state index in [9.17, 15) is 9.59 Å². The van der Waals surface area contributed by atoms with Gasteiger partial charge in [-0.15, -0.1) is 0 Å². The van der Waals surface area contributed by atoms with Gasteiger partial charge in [0.05, 0.1) is 11.5 Å². The number of carboxylic acids is 1. The number of carboxylic acid groups (broad SMARTS) is 1. The van der Waals surface area contributed by atoms with Gasteiger partial charge in [-0.2, -0.15) is 11.3 Å². The van der Waals surface area contributed by atoms with Crippen LogP contribution in [-0.4, -0.2) is 23.0 Å². The highest BCUT2D eigenvalue weighted by Gasteiger charge is 2.34. The van der Waals surface area contributed by atoms with Crippen LogP contribution in [0.3, 0.4) is 0 Å². The molecule has 0 bridgehead atoms. The number of aliphatic carboxylic acids is 1. The Balaban J connectivity index is 2.04. The molecular weight excluding hydrogens is 238 g/mol. The Morgan fingerprint density at radius 1 is 1.41 bits per heavy atom. The highest BCUT2D eigenvalue weighted by atomic mass is 32.1. The van der Waals surface area contributed by atoms with E-state index in [0.717, 1.165) is 18.4 Å². The van der Waals surface area contributed by atoms with Gasteiger partial charge in [-0.05, 0) is 30.7 Å². The summed E-state index contributed by atoms with van der Waals surface area (Å²) in [7, 11) is 0. The number of carbonyl (C=O) groups is 2. The largest absolute Gasteiger partial charge is 0.481 e. The fourth-order valence-electron chi connectivity index (χ4n) is 2.27. The Labute approximate surface area is 104 Å². The Hall–Kier alpha value is -1.36. The first-order valence-corrected chi connectivity index (χ1v) is 6.60. The molecule has 0 spiro atoms. The van der Waals surface area contributed by atoms with Gasteiger partial charge in [0.2, 0.25) is 0 Å². The van der Waals surface area contributed by atoms with Gasteiger partial charge in [0.25, 0.3) is 5.91 Å². The average Bonchev–Trinajstić information content (AvgIpc) is 2.86. The monoisotopic (exact) mass is 253 g/mol. The van der Waals surface area contributed by atoms with Crippen molar-refractivity contribution < 1.29 is 14.7 Å². The van der Waals surface area contributed by atoms with E-state index in [1.165, 1.54) is 11.3 Å². The number of hydrogen-bond acceptors (Lipinski definition) is 3. The summed E-state index contributed by atoms with van der Waals surface area (Å²) in [5, 5.41) is 15.6. The Kier molecular flexibility index (Phi) is 3.47. The molecule has 4 nitrogen and oxygen atoms in total. The van der Waals surface area contributed by atoms with Gasteiger partial charge in [-0.25, -0.2) is 0 Å². The lowest BCUT2D eigenvalue weighted by atomic mass is 10.0. The molecule has 1 amide bonds. The first-order chi connectivity index (χ1) is 8.09. The minimum atomic E-state index is -0.810. The van der Waals surface area contributed by atoms with Gasteiger partial charge in [0.1, 0.15) is 0 Å². The second kappa shape index (κ2) is 4.87. The minimum absolute atomic E-state index is 0.151. The molecule has 0 saturated heterocycles. The maximum absolute atomic E-state index is 12.0. The van der Waals surface area contributed by atoms with Crippen LogP contribution in [0.15, 0.2) is 10.8 Å². The number of amides is 1. The summed E-state index contributed by atoms with van der Waals surface area (Å²) in [4.78, 5) is 23.0. The summed E-state index contributed by atoms with van der Waals surface area (Å²) in [6.07, 6.45) is 2.28. The molecule has 1 aliphatic carbocycles. The van der Waals surface area contributed by atoms with Crippen molar-refractivity contribution in [3.8, 4) is 0 Å². The lowest BCUT2D eigenvalue weighted by molar-refractivity contribution is -0.142. The van der Waals surface area contributed by atoms with Crippen LogP contribution in [-0.2, 0) is 4.79 Å². The summed E-state index contributed by atoms with van der Waals surface area (Å²) < 4.78 is 0. The van der Waals surface area contributed by atoms with Crippen LogP contribution in [0.2, 0.25) is 0 Å². The van der Waals surface area contributed by atoms with Crippen LogP contribution in [0.5, 0.6) is 0 Å². The number of carbonyl (C=O) groups excluding carboxylic acids is 1. The Bertz CT molecular complexity index is 441. The molecule has 5 heteroatoms. The summed E-state index contributed by atoms with van der Waals surface area (Å²) >= 11 is 1.48. The van der Waals surface area contributed by atoms with Crippen LogP contribution in [0.25, 0.3) is 0 Å². The van der Waals surface area contributed by atoms with Crippen molar-refractivity contribution in [2.75, 3.05) is 0 Å². The highest BCUT2D eigenvalue weighted by Crippen LogP contribution is 2.26. The van der Waals surface area contributed by atoms with Crippen molar-refractivity contribution in [2.45, 2.75) is 32.2 Å². The molecule has 1 saturated carbocycles. The molecular formula is C12H15NO3S. The lowest BCUT2D eigenvalue weighted by Gasteiger charge is -2.17. The Morgan fingerprint density at radius 2 is 2.18 bits per heavy atom. The molecule has 1 aromatic rings. The van der Waals surface area contributed by atoms with Gasteiger partial charge >= 0.3 is 5.97 Å². The maximum Gasteiger partial charge on any atom is 0.308 e. The molecule has 0 aromatic carbocycles. The van der Waals surface area contributed by atoms with Gasteiger partial charge < -0.3 is 10.4 Å². The maximum atomic E-state index is 12.0. The van der Waals surface area contributed by atoms with Crippen molar-refractivity contribution in [2.24, 2.45) is 5.92 Å². The number of thiophene rings is 1. The molecule has 1 aromatic heterocycles. The standard InChI is InChI=1S/C12H15NO3S/c1-7-5-17-6-9(7)11(14)13-10-4-2-3-8(10)12(15)16/h5-6,8,10H,2-4H2,1H3,(H,13,14)(H,15,16). The van der Waals surface area contributed by atoms with Crippen LogP contribution in [0, 0.1) is 12.8 Å². The van der Waals surface area contributed by atoms with Crippen molar-refractivity contribution >= 4 is 23.2 Å². The average molecular weight is 253 g/mol. The van der Waals surface area contributed by atoms with Crippen LogP contribution in [0.1, 0.15) is 35.2 Å². The fourth-order valence-corrected chi connectivity index (χ4v) is 3.10. The van der Waals surface area contributed by atoms with E-state index < -0.39 is 11.9 Å². The Morgan fingerprint density at radius 3 is 2.76 bits per heavy atom. The predicted octanol–water partition coefficient (Wildman–Crippen LogP) is 2.04. The number of aryl methyl sites for hydroxylation is 1. The quantitative estimate of drug-likeness (QED) is 0.866. The van der Waals surface area contributed by atoms with E-state index >= 15 is 0 Å². The number of hydrogen-bond donors (Lipinski definition) is 2. The molecule has 1 heterocycles. The van der Waals surface area contributed by atoms with Crippen molar-refractivity contribution in [1.29, 1.82) is 0 Å². The van der Waals surface area contributed by atoms with E-state index in [1.54, 1.807) is 5.38 Å². The molecule has 2 unspecified atom stereocenters. The number of rotatable bonds is 3. The van der Waals surface area contributed by atoms with E-state index in [0.29, 0.717) is 12.0 Å². The first-order valence-electron chi connectivity index (χ1n) is 5.66. The second-order valence-corrected chi connectivity index (χ2v) is 5.17. The van der Waals surface area contributed by atoms with Crippen LogP contribution >= 0.6 is 11.3 Å². The van der Waals surface area contributed by atoms with Crippen molar-refractivity contribution in [1.82, 2.24) is 5.32 Å². The first kappa shape index (κ1) is 12.1. The third-order valence-electron chi connectivity index (χ3n) is 3.25. The lowest BCUT2D eigenvalue weighted by Crippen LogP contribution is -2.40. The molecule has 17 heavy (non-hydrogen) atoms. The zero-order chi connectivity index (χ0) is 12.4. The predicted molar refractivity (Wildman–Crippen MR) is 65.3 cm³/mol. The third kappa shape index (κ3) is 2.49. The molecule has 2 rings (SSSR count). The molecule has 2 N–H and O–H groups in total. The third-order valence-corrected chi connectivity index (χ3v) is 4.11. The van der Waals surface area contributed by atoms with E-state index in [4.69, 9.17) is 5.11 Å². The van der Waals surface area contributed by atoms with E-state index in [-0.39, 0.29) is 11.9 Å². The molecule has 2 atom stereocenters. The topological polar surface area (TPSA) is 66.4 Å². The van der Waals surface area contributed by atoms with Crippen molar-refractivity contribution in [3.05, 3.63) is 21.9 Å². The fraction of sp³-hybridized carbons (Fsp3) is 0.500. The van der Waals surface area contributed by atoms with Gasteiger partial charge in [0.15, 0.2) is 0 Å². The summed E-state index contributed by atoms with van der Waals surface area (Å²) in [6, 6.07) is -0.223. The zero-order valence-corrected chi connectivity index (χ0v) is 10.4. The summed E-state index contributed by atoms with van der Waals surface area (Å²) in [5.74, 6) is -1.39. The molecule has 92 valence electrons. The highest BCUT2D eigenvalue weighted by molar-refractivity contribution is 7.08. The molecule has 1 aliphatic rings. The van der Waals surface area contributed by atoms with E-state index in [2.05, 4.69) is 5.32 Å². The molecule has 1 fully saturated rings. The molecule has 0 radical (unpaired) electrons. The normalized spacial score (nSPS) is 23.6. The second-order valence-electron chi connectivity index (χ2n) is 4.42. The number of nitrogens with one attached hydrogen (secondary N) is 1. The summed E-state index contributed by atoms with van der Waals surface area (Å²) in [6.45, 7) is 1.88. The van der Waals surface area contributed by atoms with Crippen LogP contribution < -0.4 is 5.32 Å². The zero-order valence-electron chi connectivity index (χ0n) is 9.60. The van der Waals surface area contributed by atoms with Crippen molar-refractivity contribution in [3.63, 3.8) is 0 Å². The van der Waals surface area contributed by atoms with E-state index in [1.807, 2.05) is 12.3 Å². The minimum Gasteiger partial charge on any atom is -0.481 e. The SMILES string of the molecule is Cc1cscc1C(=O)NC1CCCC1C(=O)O. The van der Waals surface area contributed by atoms with Gasteiger partial charge in [0, 0.05) is 11.4 Å². The summed E-state index contributed by atoms with van der Waals surface area (Å²) in [5.41, 5.74) is 1.60. The van der Waals surface area contributed by atoms with Gasteiger partial charge in [-0.3, -0.25) is 9.59 Å². The smallest absolute Gasteiger partial charge is 0.308 e. The van der Waals surface area contributed by atoms with Gasteiger partial charge in [-0.1, -0.05) is 6.42 Å². The molecule has 0 aliphatic heterocycles. The van der Waals surface area contributed by atoms with Crippen LogP contribution in [0.4, 0.5) is 0 Å².